The minimum absolute atomic E-state index is 0.363. The number of rotatable bonds is 3. The van der Waals surface area contributed by atoms with E-state index >= 15 is 0 Å². The molecule has 0 radical (unpaired) electrons. The average Bonchev–Trinajstić information content (AvgIpc) is 2.54. The van der Waals surface area contributed by atoms with E-state index in [4.69, 9.17) is 10.8 Å². The third kappa shape index (κ3) is 1.99. The summed E-state index contributed by atoms with van der Waals surface area (Å²) >= 11 is 0. The predicted octanol–water partition coefficient (Wildman–Crippen LogP) is 1.75. The number of hydrogen-bond donors (Lipinski definition) is 2. The number of carboxylic acid groups (broad SMARTS) is 1. The number of nitrogens with two attached hydrogens (primary N) is 1. The summed E-state index contributed by atoms with van der Waals surface area (Å²) in [5.41, 5.74) is 10.0. The zero-order valence-electron chi connectivity index (χ0n) is 10.9. The van der Waals surface area contributed by atoms with Gasteiger partial charge in [0.2, 0.25) is 0 Å². The van der Waals surface area contributed by atoms with Crippen LogP contribution in [0.25, 0.3) is 10.9 Å². The summed E-state index contributed by atoms with van der Waals surface area (Å²) in [4.78, 5) is 10.9. The molecular weight excluding hydrogens is 228 g/mol. The minimum atomic E-state index is -0.959. The van der Waals surface area contributed by atoms with Crippen molar-refractivity contribution in [1.29, 1.82) is 0 Å². The molecule has 0 amide bonds. The number of nitrogens with zero attached hydrogens (tertiary/aromatic N) is 1. The van der Waals surface area contributed by atoms with E-state index in [1.54, 1.807) is 0 Å². The summed E-state index contributed by atoms with van der Waals surface area (Å²) in [6, 6.07) is 5.36. The number of benzene rings is 1. The normalized spacial score (nSPS) is 12.9. The van der Waals surface area contributed by atoms with Crippen molar-refractivity contribution in [3.05, 3.63) is 35.0 Å². The molecule has 0 aliphatic carbocycles. The summed E-state index contributed by atoms with van der Waals surface area (Å²) in [5.74, 6) is -0.959. The highest BCUT2D eigenvalue weighted by Gasteiger charge is 2.18. The van der Waals surface area contributed by atoms with E-state index in [9.17, 15) is 4.79 Å². The molecule has 0 aliphatic rings. The first kappa shape index (κ1) is 12.6. The minimum Gasteiger partial charge on any atom is -0.480 e. The topological polar surface area (TPSA) is 68.2 Å². The fraction of sp³-hybridized carbons (Fsp3) is 0.357. The van der Waals surface area contributed by atoms with Crippen LogP contribution >= 0.6 is 0 Å². The first-order valence-corrected chi connectivity index (χ1v) is 5.94. The van der Waals surface area contributed by atoms with Gasteiger partial charge in [0.1, 0.15) is 6.04 Å². The highest BCUT2D eigenvalue weighted by Crippen LogP contribution is 2.26. The van der Waals surface area contributed by atoms with Gasteiger partial charge in [-0.3, -0.25) is 4.79 Å². The average molecular weight is 246 g/mol. The third-order valence-electron chi connectivity index (χ3n) is 3.52. The van der Waals surface area contributed by atoms with Crippen molar-refractivity contribution >= 4 is 16.9 Å². The van der Waals surface area contributed by atoms with Gasteiger partial charge in [0, 0.05) is 30.1 Å². The van der Waals surface area contributed by atoms with Crippen molar-refractivity contribution in [2.75, 3.05) is 0 Å². The largest absolute Gasteiger partial charge is 0.480 e. The van der Waals surface area contributed by atoms with Gasteiger partial charge in [-0.25, -0.2) is 0 Å². The molecule has 2 aromatic rings. The van der Waals surface area contributed by atoms with Gasteiger partial charge in [0.05, 0.1) is 0 Å². The monoisotopic (exact) mass is 246 g/mol. The fourth-order valence-corrected chi connectivity index (χ4v) is 2.33. The maximum absolute atomic E-state index is 10.9. The molecule has 0 bridgehead atoms. The first-order chi connectivity index (χ1) is 8.41. The molecule has 0 aliphatic heterocycles. The number of carboxylic acids is 1. The van der Waals surface area contributed by atoms with Gasteiger partial charge in [-0.05, 0) is 31.5 Å². The van der Waals surface area contributed by atoms with Crippen molar-refractivity contribution in [2.45, 2.75) is 26.3 Å². The van der Waals surface area contributed by atoms with Gasteiger partial charge < -0.3 is 15.4 Å². The number of aliphatic carboxylic acids is 1. The van der Waals surface area contributed by atoms with Crippen LogP contribution in [-0.2, 0) is 18.3 Å². The Morgan fingerprint density at radius 1 is 1.44 bits per heavy atom. The van der Waals surface area contributed by atoms with Gasteiger partial charge >= 0.3 is 5.97 Å². The number of fused-ring (bicyclic) bond motifs is 1. The van der Waals surface area contributed by atoms with Crippen LogP contribution in [0, 0.1) is 13.8 Å². The lowest BCUT2D eigenvalue weighted by Gasteiger charge is -2.07. The second-order valence-electron chi connectivity index (χ2n) is 4.79. The standard InChI is InChI=1S/C14H18N2O2/c1-8-4-5-13-11(6-8)10(9(2)16(13)3)7-12(15)14(17)18/h4-6,12H,7,15H2,1-3H3,(H,17,18). The lowest BCUT2D eigenvalue weighted by Crippen LogP contribution is -2.32. The molecule has 96 valence electrons. The Kier molecular flexibility index (Phi) is 3.13. The van der Waals surface area contributed by atoms with Gasteiger partial charge in [-0.1, -0.05) is 11.6 Å². The second-order valence-corrected chi connectivity index (χ2v) is 4.79. The highest BCUT2D eigenvalue weighted by atomic mass is 16.4. The van der Waals surface area contributed by atoms with Crippen LogP contribution in [0.4, 0.5) is 0 Å². The number of hydrogen-bond acceptors (Lipinski definition) is 2. The van der Waals surface area contributed by atoms with Crippen molar-refractivity contribution in [2.24, 2.45) is 12.8 Å². The molecule has 1 heterocycles. The predicted molar refractivity (Wildman–Crippen MR) is 71.7 cm³/mol. The molecule has 4 heteroatoms. The maximum Gasteiger partial charge on any atom is 0.320 e. The van der Waals surface area contributed by atoms with E-state index in [-0.39, 0.29) is 0 Å². The van der Waals surface area contributed by atoms with E-state index in [0.717, 1.165) is 22.2 Å². The van der Waals surface area contributed by atoms with Crippen molar-refractivity contribution < 1.29 is 9.90 Å². The number of aryl methyl sites for hydroxylation is 2. The van der Waals surface area contributed by atoms with Gasteiger partial charge in [-0.15, -0.1) is 0 Å². The smallest absolute Gasteiger partial charge is 0.320 e. The third-order valence-corrected chi connectivity index (χ3v) is 3.52. The molecule has 2 rings (SSSR count). The van der Waals surface area contributed by atoms with E-state index in [0.29, 0.717) is 6.42 Å². The SMILES string of the molecule is Cc1ccc2c(c1)c(CC(N)C(=O)O)c(C)n2C. The van der Waals surface area contributed by atoms with Crippen molar-refractivity contribution in [1.82, 2.24) is 4.57 Å². The Hall–Kier alpha value is -1.81. The molecule has 0 saturated carbocycles. The molecule has 4 nitrogen and oxygen atoms in total. The van der Waals surface area contributed by atoms with Gasteiger partial charge in [-0.2, -0.15) is 0 Å². The molecule has 1 unspecified atom stereocenters. The zero-order chi connectivity index (χ0) is 13.4. The fourth-order valence-electron chi connectivity index (χ4n) is 2.33. The van der Waals surface area contributed by atoms with Crippen molar-refractivity contribution in [3.8, 4) is 0 Å². The summed E-state index contributed by atoms with van der Waals surface area (Å²) in [7, 11) is 1.99. The molecule has 3 N–H and O–H groups in total. The number of aromatic nitrogens is 1. The van der Waals surface area contributed by atoms with Crippen LogP contribution in [0.1, 0.15) is 16.8 Å². The van der Waals surface area contributed by atoms with Gasteiger partial charge in [0.25, 0.3) is 0 Å². The zero-order valence-corrected chi connectivity index (χ0v) is 10.9. The van der Waals surface area contributed by atoms with E-state index in [1.165, 1.54) is 5.56 Å². The molecule has 0 fully saturated rings. The Bertz CT molecular complexity index is 614. The van der Waals surface area contributed by atoms with E-state index < -0.39 is 12.0 Å². The van der Waals surface area contributed by atoms with Crippen LogP contribution in [-0.4, -0.2) is 21.7 Å². The van der Waals surface area contributed by atoms with Crippen molar-refractivity contribution in [3.63, 3.8) is 0 Å². The van der Waals surface area contributed by atoms with Crippen LogP contribution in [0.15, 0.2) is 18.2 Å². The van der Waals surface area contributed by atoms with Crippen LogP contribution < -0.4 is 5.73 Å². The Balaban J connectivity index is 2.58. The molecule has 1 atom stereocenters. The summed E-state index contributed by atoms with van der Waals surface area (Å²) in [6.07, 6.45) is 0.363. The first-order valence-electron chi connectivity index (χ1n) is 5.94. The summed E-state index contributed by atoms with van der Waals surface area (Å²) in [5, 5.41) is 10.0. The Labute approximate surface area is 106 Å². The van der Waals surface area contributed by atoms with Crippen LogP contribution in [0.5, 0.6) is 0 Å². The molecule has 1 aromatic carbocycles. The molecular formula is C14H18N2O2. The van der Waals surface area contributed by atoms with E-state index in [2.05, 4.69) is 22.8 Å². The quantitative estimate of drug-likeness (QED) is 0.867. The second kappa shape index (κ2) is 4.46. The lowest BCUT2D eigenvalue weighted by molar-refractivity contribution is -0.138. The molecule has 0 spiro atoms. The Morgan fingerprint density at radius 3 is 2.72 bits per heavy atom. The molecule has 0 saturated heterocycles. The summed E-state index contributed by atoms with van der Waals surface area (Å²) in [6.45, 7) is 4.03. The van der Waals surface area contributed by atoms with Crippen LogP contribution in [0.3, 0.4) is 0 Å². The van der Waals surface area contributed by atoms with Gasteiger partial charge in [0.15, 0.2) is 0 Å². The Morgan fingerprint density at radius 2 is 2.11 bits per heavy atom. The van der Waals surface area contributed by atoms with Crippen LogP contribution in [0.2, 0.25) is 0 Å². The highest BCUT2D eigenvalue weighted by molar-refractivity contribution is 5.87. The molecule has 1 aromatic heterocycles. The number of carbonyl (C=O) groups is 1. The summed E-state index contributed by atoms with van der Waals surface area (Å²) < 4.78 is 2.08. The van der Waals surface area contributed by atoms with E-state index in [1.807, 2.05) is 20.9 Å². The molecule has 18 heavy (non-hydrogen) atoms. The maximum atomic E-state index is 10.9. The lowest BCUT2D eigenvalue weighted by atomic mass is 10.0.